The molecule has 1 N–H and O–H groups in total. The van der Waals surface area contributed by atoms with Gasteiger partial charge in [0.25, 0.3) is 0 Å². The lowest BCUT2D eigenvalue weighted by Gasteiger charge is -2.11. The molecule has 0 unspecified atom stereocenters. The van der Waals surface area contributed by atoms with E-state index < -0.39 is 0 Å². The molecule has 2 aromatic rings. The van der Waals surface area contributed by atoms with Crippen LogP contribution in [0.1, 0.15) is 32.3 Å². The van der Waals surface area contributed by atoms with Crippen LogP contribution in [0.3, 0.4) is 0 Å². The number of aromatic nitrogens is 2. The molecule has 22 heavy (non-hydrogen) atoms. The zero-order chi connectivity index (χ0) is 16.1. The lowest BCUT2D eigenvalue weighted by Crippen LogP contribution is -2.21. The van der Waals surface area contributed by atoms with Gasteiger partial charge in [-0.3, -0.25) is 9.48 Å². The summed E-state index contributed by atoms with van der Waals surface area (Å²) >= 11 is 6.00. The minimum atomic E-state index is -0.370. The van der Waals surface area contributed by atoms with Gasteiger partial charge in [-0.1, -0.05) is 31.5 Å². The Kier molecular flexibility index (Phi) is 5.55. The molecular weight excluding hydrogens is 305 g/mol. The molecule has 118 valence electrons. The molecule has 1 aromatic carbocycles. The molecule has 0 bridgehead atoms. The fraction of sp³-hybridized carbons (Fsp3) is 0.375. The van der Waals surface area contributed by atoms with Gasteiger partial charge in [0, 0.05) is 22.7 Å². The van der Waals surface area contributed by atoms with E-state index in [9.17, 15) is 9.18 Å². The Hall–Kier alpha value is -1.88. The molecule has 0 radical (unpaired) electrons. The number of amides is 1. The fourth-order valence-corrected chi connectivity index (χ4v) is 2.49. The number of halogens is 2. The molecule has 0 saturated carbocycles. The van der Waals surface area contributed by atoms with Crippen molar-refractivity contribution in [3.05, 3.63) is 47.0 Å². The van der Waals surface area contributed by atoms with E-state index in [-0.39, 0.29) is 24.2 Å². The Balaban J connectivity index is 2.07. The van der Waals surface area contributed by atoms with E-state index in [1.54, 1.807) is 29.2 Å². The molecule has 1 aromatic heterocycles. The highest BCUT2D eigenvalue weighted by atomic mass is 35.5. The number of rotatable bonds is 6. The third-order valence-corrected chi connectivity index (χ3v) is 3.99. The summed E-state index contributed by atoms with van der Waals surface area (Å²) in [5.74, 6) is -0.400. The lowest BCUT2D eigenvalue weighted by molar-refractivity contribution is -0.120. The first-order chi connectivity index (χ1) is 10.5. The normalized spacial score (nSPS) is 11.0. The van der Waals surface area contributed by atoms with E-state index in [0.717, 1.165) is 12.8 Å². The van der Waals surface area contributed by atoms with E-state index in [1.807, 2.05) is 13.8 Å². The smallest absolute Gasteiger partial charge is 0.227 e. The highest BCUT2D eigenvalue weighted by Gasteiger charge is 2.15. The Morgan fingerprint density at radius 1 is 1.41 bits per heavy atom. The minimum Gasteiger partial charge on any atom is -0.323 e. The number of carbonyl (C=O) groups is 1. The van der Waals surface area contributed by atoms with Gasteiger partial charge >= 0.3 is 0 Å². The van der Waals surface area contributed by atoms with Crippen molar-refractivity contribution in [1.82, 2.24) is 9.78 Å². The van der Waals surface area contributed by atoms with E-state index >= 15 is 0 Å². The van der Waals surface area contributed by atoms with Crippen LogP contribution in [0, 0.1) is 11.7 Å². The van der Waals surface area contributed by atoms with Crippen LogP contribution in [0.25, 0.3) is 0 Å². The lowest BCUT2D eigenvalue weighted by atomic mass is 10.0. The number of hydrogen-bond donors (Lipinski definition) is 1. The molecular formula is C16H19ClFN3O. The fourth-order valence-electron chi connectivity index (χ4n) is 2.26. The van der Waals surface area contributed by atoms with Crippen LogP contribution in [0.15, 0.2) is 30.6 Å². The summed E-state index contributed by atoms with van der Waals surface area (Å²) in [4.78, 5) is 12.0. The molecule has 6 heteroatoms. The molecule has 0 spiro atoms. The van der Waals surface area contributed by atoms with Gasteiger partial charge in [-0.15, -0.1) is 0 Å². The van der Waals surface area contributed by atoms with E-state index in [4.69, 9.17) is 11.6 Å². The second-order valence-corrected chi connectivity index (χ2v) is 5.54. The summed E-state index contributed by atoms with van der Waals surface area (Å²) in [6.45, 7) is 4.18. The number of carbonyl (C=O) groups excluding carboxylic acids is 1. The maximum Gasteiger partial charge on any atom is 0.227 e. The summed E-state index contributed by atoms with van der Waals surface area (Å²) in [5.41, 5.74) is 0.981. The van der Waals surface area contributed by atoms with Gasteiger partial charge in [0.1, 0.15) is 5.82 Å². The molecule has 0 aliphatic rings. The topological polar surface area (TPSA) is 46.9 Å². The first-order valence-corrected chi connectivity index (χ1v) is 7.69. The predicted octanol–water partition coefficient (Wildman–Crippen LogP) is 4.10. The van der Waals surface area contributed by atoms with Crippen LogP contribution < -0.4 is 5.32 Å². The Labute approximate surface area is 134 Å². The van der Waals surface area contributed by atoms with Crippen LogP contribution in [0.2, 0.25) is 5.02 Å². The molecule has 2 rings (SSSR count). The monoisotopic (exact) mass is 323 g/mol. The van der Waals surface area contributed by atoms with Crippen molar-refractivity contribution >= 4 is 23.2 Å². The van der Waals surface area contributed by atoms with E-state index in [2.05, 4.69) is 10.4 Å². The van der Waals surface area contributed by atoms with Crippen molar-refractivity contribution in [2.75, 3.05) is 5.32 Å². The first kappa shape index (κ1) is 16.5. The maximum atomic E-state index is 13.8. The summed E-state index contributed by atoms with van der Waals surface area (Å²) < 4.78 is 15.3. The van der Waals surface area contributed by atoms with Gasteiger partial charge in [0.05, 0.1) is 18.4 Å². The van der Waals surface area contributed by atoms with Crippen LogP contribution in [0.4, 0.5) is 10.1 Å². The SMILES string of the molecule is CCC(CC)C(=O)Nc1cnn(Cc2c(F)cccc2Cl)c1. The Morgan fingerprint density at radius 2 is 2.14 bits per heavy atom. The van der Waals surface area contributed by atoms with Crippen molar-refractivity contribution in [3.8, 4) is 0 Å². The van der Waals surface area contributed by atoms with Crippen LogP contribution in [-0.2, 0) is 11.3 Å². The Morgan fingerprint density at radius 3 is 2.77 bits per heavy atom. The quantitative estimate of drug-likeness (QED) is 0.870. The molecule has 0 fully saturated rings. The summed E-state index contributed by atoms with van der Waals surface area (Å²) in [6.07, 6.45) is 4.81. The second-order valence-electron chi connectivity index (χ2n) is 5.13. The minimum absolute atomic E-state index is 0.00985. The first-order valence-electron chi connectivity index (χ1n) is 7.31. The molecule has 4 nitrogen and oxygen atoms in total. The molecule has 0 aliphatic carbocycles. The van der Waals surface area contributed by atoms with Gasteiger partial charge in [-0.2, -0.15) is 5.10 Å². The third kappa shape index (κ3) is 3.85. The second kappa shape index (κ2) is 7.40. The Bertz CT molecular complexity index is 632. The van der Waals surface area contributed by atoms with Crippen molar-refractivity contribution in [2.45, 2.75) is 33.2 Å². The third-order valence-electron chi connectivity index (χ3n) is 3.64. The average Bonchev–Trinajstić information content (AvgIpc) is 2.91. The van der Waals surface area contributed by atoms with Gasteiger partial charge < -0.3 is 5.32 Å². The summed E-state index contributed by atoms with van der Waals surface area (Å²) in [6, 6.07) is 4.56. The standard InChI is InChI=1S/C16H19ClFN3O/c1-3-11(4-2)16(22)20-12-8-19-21(9-12)10-13-14(17)6-5-7-15(13)18/h5-9,11H,3-4,10H2,1-2H3,(H,20,22). The van der Waals surface area contributed by atoms with Crippen molar-refractivity contribution in [1.29, 1.82) is 0 Å². The molecule has 1 amide bonds. The predicted molar refractivity (Wildman–Crippen MR) is 85.4 cm³/mol. The van der Waals surface area contributed by atoms with Crippen LogP contribution in [-0.4, -0.2) is 15.7 Å². The average molecular weight is 324 g/mol. The van der Waals surface area contributed by atoms with E-state index in [0.29, 0.717) is 16.3 Å². The molecule has 1 heterocycles. The van der Waals surface area contributed by atoms with E-state index in [1.165, 1.54) is 6.07 Å². The van der Waals surface area contributed by atoms with Gasteiger partial charge in [-0.05, 0) is 25.0 Å². The van der Waals surface area contributed by atoms with Crippen molar-refractivity contribution in [3.63, 3.8) is 0 Å². The zero-order valence-electron chi connectivity index (χ0n) is 12.6. The zero-order valence-corrected chi connectivity index (χ0v) is 13.4. The number of benzene rings is 1. The van der Waals surface area contributed by atoms with Gasteiger partial charge in [-0.25, -0.2) is 4.39 Å². The molecule has 0 saturated heterocycles. The van der Waals surface area contributed by atoms with Gasteiger partial charge in [0.15, 0.2) is 0 Å². The summed E-state index contributed by atoms with van der Waals surface area (Å²) in [7, 11) is 0. The molecule has 0 aliphatic heterocycles. The maximum absolute atomic E-state index is 13.8. The van der Waals surface area contributed by atoms with Crippen LogP contribution >= 0.6 is 11.6 Å². The van der Waals surface area contributed by atoms with Gasteiger partial charge in [0.2, 0.25) is 5.91 Å². The highest BCUT2D eigenvalue weighted by molar-refractivity contribution is 6.31. The largest absolute Gasteiger partial charge is 0.323 e. The molecule has 0 atom stereocenters. The highest BCUT2D eigenvalue weighted by Crippen LogP contribution is 2.20. The van der Waals surface area contributed by atoms with Crippen molar-refractivity contribution < 1.29 is 9.18 Å². The van der Waals surface area contributed by atoms with Crippen molar-refractivity contribution in [2.24, 2.45) is 5.92 Å². The summed E-state index contributed by atoms with van der Waals surface area (Å²) in [5, 5.41) is 7.32. The van der Waals surface area contributed by atoms with Crippen LogP contribution in [0.5, 0.6) is 0 Å². The number of anilines is 1. The number of nitrogens with zero attached hydrogens (tertiary/aromatic N) is 2. The number of nitrogens with one attached hydrogen (secondary N) is 1. The number of hydrogen-bond acceptors (Lipinski definition) is 2.